The summed E-state index contributed by atoms with van der Waals surface area (Å²) in [6.07, 6.45) is 3.20. The molecule has 0 amide bonds. The van der Waals surface area contributed by atoms with Gasteiger partial charge in [-0.15, -0.1) is 24.0 Å². The second-order valence-corrected chi connectivity index (χ2v) is 9.03. The fourth-order valence-electron chi connectivity index (χ4n) is 4.82. The fraction of sp³-hybridized carbons (Fsp3) is 0.519. The van der Waals surface area contributed by atoms with Gasteiger partial charge in [0.15, 0.2) is 5.96 Å². The molecule has 0 aromatic heterocycles. The van der Waals surface area contributed by atoms with Crippen LogP contribution in [0.2, 0.25) is 0 Å². The van der Waals surface area contributed by atoms with Crippen LogP contribution >= 0.6 is 24.0 Å². The van der Waals surface area contributed by atoms with Crippen LogP contribution in [0.15, 0.2) is 65.7 Å². The number of ether oxygens (including phenoxy) is 2. The highest BCUT2D eigenvalue weighted by Gasteiger charge is 2.35. The Morgan fingerprint density at radius 3 is 2.48 bits per heavy atom. The zero-order chi connectivity index (χ0) is 22.1. The summed E-state index contributed by atoms with van der Waals surface area (Å²) in [6, 6.07) is 21.3. The third-order valence-electron chi connectivity index (χ3n) is 6.75. The van der Waals surface area contributed by atoms with Crippen LogP contribution in [-0.2, 0) is 21.5 Å². The lowest BCUT2D eigenvalue weighted by molar-refractivity contribution is 0.0530. The molecule has 2 aromatic rings. The number of halogens is 1. The summed E-state index contributed by atoms with van der Waals surface area (Å²) in [7, 11) is 0. The van der Waals surface area contributed by atoms with Crippen molar-refractivity contribution in [2.75, 3.05) is 46.0 Å². The van der Waals surface area contributed by atoms with E-state index in [1.54, 1.807) is 0 Å². The van der Waals surface area contributed by atoms with E-state index in [0.717, 1.165) is 71.2 Å². The van der Waals surface area contributed by atoms with Crippen molar-refractivity contribution in [1.82, 2.24) is 10.2 Å². The van der Waals surface area contributed by atoms with E-state index in [2.05, 4.69) is 71.7 Å². The molecule has 0 saturated carbocycles. The average molecular weight is 564 g/mol. The van der Waals surface area contributed by atoms with Crippen molar-refractivity contribution < 1.29 is 9.47 Å². The van der Waals surface area contributed by atoms with Crippen LogP contribution in [0.5, 0.6) is 0 Å². The van der Waals surface area contributed by atoms with E-state index in [1.165, 1.54) is 11.1 Å². The predicted octanol–water partition coefficient (Wildman–Crippen LogP) is 4.86. The molecular weight excluding hydrogens is 525 g/mol. The molecule has 180 valence electrons. The Morgan fingerprint density at radius 1 is 1.09 bits per heavy atom. The quantitative estimate of drug-likeness (QED) is 0.283. The van der Waals surface area contributed by atoms with Crippen molar-refractivity contribution in [3.05, 3.63) is 71.8 Å². The Kier molecular flexibility index (Phi) is 10.5. The van der Waals surface area contributed by atoms with E-state index in [1.807, 2.05) is 6.07 Å². The molecule has 5 nitrogen and oxygen atoms in total. The van der Waals surface area contributed by atoms with Gasteiger partial charge in [0.1, 0.15) is 0 Å². The lowest BCUT2D eigenvalue weighted by Gasteiger charge is -2.37. The van der Waals surface area contributed by atoms with E-state index in [-0.39, 0.29) is 29.4 Å². The first-order valence-electron chi connectivity index (χ1n) is 12.1. The molecule has 4 rings (SSSR count). The van der Waals surface area contributed by atoms with Gasteiger partial charge in [0, 0.05) is 44.2 Å². The molecular formula is C27H38IN3O2. The van der Waals surface area contributed by atoms with Gasteiger partial charge in [-0.2, -0.15) is 0 Å². The highest BCUT2D eigenvalue weighted by atomic mass is 127. The van der Waals surface area contributed by atoms with Gasteiger partial charge < -0.3 is 19.7 Å². The molecule has 2 heterocycles. The Balaban J connectivity index is 0.00000306. The molecule has 1 unspecified atom stereocenters. The molecule has 1 N–H and O–H groups in total. The van der Waals surface area contributed by atoms with Gasteiger partial charge in [-0.3, -0.25) is 4.99 Å². The summed E-state index contributed by atoms with van der Waals surface area (Å²) in [6.45, 7) is 8.97. The fourth-order valence-corrected chi connectivity index (χ4v) is 4.82. The number of hydrogen-bond acceptors (Lipinski definition) is 3. The van der Waals surface area contributed by atoms with Crippen molar-refractivity contribution in [3.8, 4) is 0 Å². The van der Waals surface area contributed by atoms with Crippen LogP contribution in [0, 0.1) is 5.92 Å². The van der Waals surface area contributed by atoms with Crippen molar-refractivity contribution >= 4 is 29.9 Å². The topological polar surface area (TPSA) is 46.1 Å². The second-order valence-electron chi connectivity index (χ2n) is 9.03. The van der Waals surface area contributed by atoms with Crippen LogP contribution in [0.4, 0.5) is 0 Å². The largest absolute Gasteiger partial charge is 0.381 e. The number of nitrogens with one attached hydrogen (secondary N) is 1. The Morgan fingerprint density at radius 2 is 1.79 bits per heavy atom. The molecule has 1 atom stereocenters. The van der Waals surface area contributed by atoms with Crippen molar-refractivity contribution in [3.63, 3.8) is 0 Å². The number of rotatable bonds is 8. The van der Waals surface area contributed by atoms with E-state index < -0.39 is 0 Å². The number of hydrogen-bond donors (Lipinski definition) is 1. The Labute approximate surface area is 216 Å². The third-order valence-corrected chi connectivity index (χ3v) is 6.75. The molecule has 2 aromatic carbocycles. The lowest BCUT2D eigenvalue weighted by atomic mass is 9.74. The molecule has 33 heavy (non-hydrogen) atoms. The van der Waals surface area contributed by atoms with Gasteiger partial charge >= 0.3 is 0 Å². The van der Waals surface area contributed by atoms with Gasteiger partial charge in [-0.25, -0.2) is 0 Å². The maximum absolute atomic E-state index is 6.02. The highest BCUT2D eigenvalue weighted by molar-refractivity contribution is 14.0. The summed E-state index contributed by atoms with van der Waals surface area (Å²) in [5.41, 5.74) is 2.69. The third kappa shape index (κ3) is 7.17. The van der Waals surface area contributed by atoms with Crippen molar-refractivity contribution in [2.24, 2.45) is 10.9 Å². The Hall–Kier alpha value is -1.64. The standard InChI is InChI=1S/C27H37N3O2.HI/c1-2-28-26(29-22-27(14-17-31-18-15-27)25-11-7-4-8-12-25)30-16-13-24(19-30)21-32-20-23-9-5-3-6-10-23;/h3-12,24H,2,13-22H2,1H3,(H,28,29);1H. The monoisotopic (exact) mass is 563 g/mol. The molecule has 2 fully saturated rings. The summed E-state index contributed by atoms with van der Waals surface area (Å²) >= 11 is 0. The molecule has 0 bridgehead atoms. The van der Waals surface area contributed by atoms with E-state index >= 15 is 0 Å². The minimum atomic E-state index is 0. The van der Waals surface area contributed by atoms with Crippen LogP contribution in [0.1, 0.15) is 37.3 Å². The zero-order valence-electron chi connectivity index (χ0n) is 19.7. The highest BCUT2D eigenvalue weighted by Crippen LogP contribution is 2.35. The number of guanidine groups is 1. The molecule has 0 spiro atoms. The normalized spacial score (nSPS) is 20.3. The molecule has 2 aliphatic rings. The maximum Gasteiger partial charge on any atom is 0.193 e. The number of likely N-dealkylation sites (tertiary alicyclic amines) is 1. The first-order valence-corrected chi connectivity index (χ1v) is 12.1. The molecule has 2 aliphatic heterocycles. The van der Waals surface area contributed by atoms with Gasteiger partial charge in [-0.05, 0) is 37.3 Å². The Bertz CT molecular complexity index is 841. The van der Waals surface area contributed by atoms with Gasteiger partial charge in [0.2, 0.25) is 0 Å². The summed E-state index contributed by atoms with van der Waals surface area (Å²) < 4.78 is 11.7. The number of aliphatic imine (C=N–C) groups is 1. The van der Waals surface area contributed by atoms with E-state index in [0.29, 0.717) is 12.5 Å². The first kappa shape index (κ1) is 26.0. The SMILES string of the molecule is CCNC(=NCC1(c2ccccc2)CCOCC1)N1CCC(COCc2ccccc2)C1.I. The summed E-state index contributed by atoms with van der Waals surface area (Å²) in [5.74, 6) is 1.59. The van der Waals surface area contributed by atoms with Gasteiger partial charge in [-0.1, -0.05) is 60.7 Å². The summed E-state index contributed by atoms with van der Waals surface area (Å²) in [4.78, 5) is 7.58. The average Bonchev–Trinajstić information content (AvgIpc) is 3.32. The van der Waals surface area contributed by atoms with Crippen LogP contribution in [0.3, 0.4) is 0 Å². The zero-order valence-corrected chi connectivity index (χ0v) is 22.1. The van der Waals surface area contributed by atoms with E-state index in [9.17, 15) is 0 Å². The second kappa shape index (κ2) is 13.3. The predicted molar refractivity (Wildman–Crippen MR) is 145 cm³/mol. The lowest BCUT2D eigenvalue weighted by Crippen LogP contribution is -2.43. The van der Waals surface area contributed by atoms with Crippen molar-refractivity contribution in [1.29, 1.82) is 0 Å². The number of nitrogens with zero attached hydrogens (tertiary/aromatic N) is 2. The van der Waals surface area contributed by atoms with E-state index in [4.69, 9.17) is 14.5 Å². The summed E-state index contributed by atoms with van der Waals surface area (Å²) in [5, 5.41) is 3.54. The number of benzene rings is 2. The molecule has 0 radical (unpaired) electrons. The molecule has 2 saturated heterocycles. The minimum absolute atomic E-state index is 0. The first-order chi connectivity index (χ1) is 15.8. The van der Waals surface area contributed by atoms with Crippen LogP contribution in [-0.4, -0.2) is 56.9 Å². The minimum Gasteiger partial charge on any atom is -0.381 e. The smallest absolute Gasteiger partial charge is 0.193 e. The van der Waals surface area contributed by atoms with Gasteiger partial charge in [0.05, 0.1) is 19.8 Å². The molecule has 6 heteroatoms. The van der Waals surface area contributed by atoms with Crippen LogP contribution < -0.4 is 5.32 Å². The maximum atomic E-state index is 6.02. The van der Waals surface area contributed by atoms with Crippen molar-refractivity contribution in [2.45, 2.75) is 38.2 Å². The molecule has 0 aliphatic carbocycles. The van der Waals surface area contributed by atoms with Crippen LogP contribution in [0.25, 0.3) is 0 Å². The van der Waals surface area contributed by atoms with Gasteiger partial charge in [0.25, 0.3) is 0 Å².